The second-order valence-corrected chi connectivity index (χ2v) is 8.02. The largest absolute Gasteiger partial charge is 0.381 e. The van der Waals surface area contributed by atoms with E-state index >= 15 is 0 Å². The van der Waals surface area contributed by atoms with E-state index in [-0.39, 0.29) is 5.41 Å². The Morgan fingerprint density at radius 1 is 1.19 bits per heavy atom. The molecule has 2 N–H and O–H groups in total. The van der Waals surface area contributed by atoms with E-state index in [1.54, 1.807) is 0 Å². The van der Waals surface area contributed by atoms with Gasteiger partial charge in [-0.3, -0.25) is 4.99 Å². The van der Waals surface area contributed by atoms with Gasteiger partial charge in [0.1, 0.15) is 0 Å². The van der Waals surface area contributed by atoms with Crippen molar-refractivity contribution in [3.05, 3.63) is 35.4 Å². The van der Waals surface area contributed by atoms with Gasteiger partial charge in [-0.1, -0.05) is 24.3 Å². The molecule has 1 fully saturated rings. The van der Waals surface area contributed by atoms with E-state index in [1.165, 1.54) is 29.7 Å². The molecular formula is C21H35N3OS. The average Bonchev–Trinajstić information content (AvgIpc) is 2.67. The van der Waals surface area contributed by atoms with Crippen molar-refractivity contribution in [2.45, 2.75) is 44.9 Å². The number of hydrogen-bond acceptors (Lipinski definition) is 3. The molecular weight excluding hydrogens is 342 g/mol. The number of hydrogen-bond donors (Lipinski definition) is 2. The van der Waals surface area contributed by atoms with E-state index in [2.05, 4.69) is 55.0 Å². The van der Waals surface area contributed by atoms with E-state index in [1.807, 2.05) is 11.8 Å². The van der Waals surface area contributed by atoms with E-state index < -0.39 is 0 Å². The van der Waals surface area contributed by atoms with Crippen molar-refractivity contribution in [3.8, 4) is 0 Å². The molecule has 0 unspecified atom stereocenters. The summed E-state index contributed by atoms with van der Waals surface area (Å²) in [6.07, 6.45) is 6.67. The van der Waals surface area contributed by atoms with Gasteiger partial charge < -0.3 is 15.4 Å². The third-order valence-corrected chi connectivity index (χ3v) is 5.81. The first-order valence-electron chi connectivity index (χ1n) is 9.87. The quantitative estimate of drug-likeness (QED) is 0.391. The van der Waals surface area contributed by atoms with Gasteiger partial charge in [-0.2, -0.15) is 11.8 Å². The van der Waals surface area contributed by atoms with Gasteiger partial charge in [0.2, 0.25) is 0 Å². The smallest absolute Gasteiger partial charge is 0.191 e. The second kappa shape index (κ2) is 11.5. The summed E-state index contributed by atoms with van der Waals surface area (Å²) < 4.78 is 5.66. The van der Waals surface area contributed by atoms with Crippen LogP contribution >= 0.6 is 11.8 Å². The summed E-state index contributed by atoms with van der Waals surface area (Å²) in [5.74, 6) is 2.17. The zero-order valence-electron chi connectivity index (χ0n) is 16.6. The monoisotopic (exact) mass is 377 g/mol. The minimum absolute atomic E-state index is 0.0881. The van der Waals surface area contributed by atoms with Crippen LogP contribution in [0.2, 0.25) is 0 Å². The number of rotatable bonds is 9. The minimum Gasteiger partial charge on any atom is -0.381 e. The number of benzene rings is 1. The molecule has 0 radical (unpaired) electrons. The minimum atomic E-state index is 0.0881. The molecule has 0 aliphatic carbocycles. The van der Waals surface area contributed by atoms with E-state index in [4.69, 9.17) is 9.73 Å². The maximum Gasteiger partial charge on any atom is 0.191 e. The number of aliphatic imine (C=N–C) groups is 1. The third kappa shape index (κ3) is 6.20. The molecule has 0 bridgehead atoms. The molecule has 2 rings (SSSR count). The molecule has 1 saturated heterocycles. The lowest BCUT2D eigenvalue weighted by Gasteiger charge is -2.37. The number of unbranched alkanes of at least 4 members (excludes halogenated alkanes) is 1. The standard InChI is InChI=1S/C21H35N3OS/c1-4-22-20(23-13-7-8-16-26-3)24-17-21(11-14-25-15-12-21)19-10-6-5-9-18(19)2/h5-6,9-10H,4,7-8,11-17H2,1-3H3,(H2,22,23,24). The SMILES string of the molecule is CCNC(=NCC1(c2ccccc2C)CCOCC1)NCCCCSC. The molecule has 0 saturated carbocycles. The van der Waals surface area contributed by atoms with Gasteiger partial charge >= 0.3 is 0 Å². The van der Waals surface area contributed by atoms with Crippen LogP contribution in [0.1, 0.15) is 43.7 Å². The Kier molecular flexibility index (Phi) is 9.33. The Morgan fingerprint density at radius 3 is 2.65 bits per heavy atom. The van der Waals surface area contributed by atoms with Crippen LogP contribution in [0.3, 0.4) is 0 Å². The predicted octanol–water partition coefficient (Wildman–Crippen LogP) is 3.74. The Balaban J connectivity index is 2.07. The lowest BCUT2D eigenvalue weighted by Crippen LogP contribution is -2.41. The highest BCUT2D eigenvalue weighted by Crippen LogP contribution is 2.36. The molecule has 1 aliphatic heterocycles. The first-order chi connectivity index (χ1) is 12.7. The Hall–Kier alpha value is -1.20. The molecule has 4 nitrogen and oxygen atoms in total. The molecule has 26 heavy (non-hydrogen) atoms. The first-order valence-corrected chi connectivity index (χ1v) is 11.3. The van der Waals surface area contributed by atoms with E-state index in [0.717, 1.165) is 51.6 Å². The number of ether oxygens (including phenoxy) is 1. The topological polar surface area (TPSA) is 45.7 Å². The molecule has 5 heteroatoms. The number of aryl methyl sites for hydroxylation is 1. The van der Waals surface area contributed by atoms with Crippen LogP contribution in [0.15, 0.2) is 29.3 Å². The molecule has 1 aromatic rings. The van der Waals surface area contributed by atoms with E-state index in [9.17, 15) is 0 Å². The summed E-state index contributed by atoms with van der Waals surface area (Å²) in [5.41, 5.74) is 2.88. The molecule has 0 spiro atoms. The van der Waals surface area contributed by atoms with Crippen molar-refractivity contribution >= 4 is 17.7 Å². The van der Waals surface area contributed by atoms with Crippen LogP contribution in [-0.4, -0.2) is 50.8 Å². The highest BCUT2D eigenvalue weighted by Gasteiger charge is 2.35. The summed E-state index contributed by atoms with van der Waals surface area (Å²) >= 11 is 1.91. The fourth-order valence-corrected chi connectivity index (χ4v) is 4.09. The van der Waals surface area contributed by atoms with Crippen LogP contribution < -0.4 is 10.6 Å². The van der Waals surface area contributed by atoms with Crippen molar-refractivity contribution in [1.29, 1.82) is 0 Å². The number of nitrogens with zero attached hydrogens (tertiary/aromatic N) is 1. The van der Waals surface area contributed by atoms with Gasteiger partial charge in [-0.05, 0) is 62.7 Å². The van der Waals surface area contributed by atoms with Crippen molar-refractivity contribution in [2.24, 2.45) is 4.99 Å². The van der Waals surface area contributed by atoms with Crippen LogP contribution in [0.4, 0.5) is 0 Å². The van der Waals surface area contributed by atoms with Gasteiger partial charge in [0, 0.05) is 31.7 Å². The van der Waals surface area contributed by atoms with Gasteiger partial charge in [-0.25, -0.2) is 0 Å². The summed E-state index contributed by atoms with van der Waals surface area (Å²) in [6.45, 7) is 8.65. The molecule has 1 heterocycles. The number of thioether (sulfide) groups is 1. The summed E-state index contributed by atoms with van der Waals surface area (Å²) in [4.78, 5) is 4.98. The molecule has 0 atom stereocenters. The second-order valence-electron chi connectivity index (χ2n) is 7.03. The first kappa shape index (κ1) is 21.1. The van der Waals surface area contributed by atoms with Crippen LogP contribution in [-0.2, 0) is 10.2 Å². The van der Waals surface area contributed by atoms with Crippen molar-refractivity contribution in [3.63, 3.8) is 0 Å². The molecule has 1 aromatic carbocycles. The maximum atomic E-state index is 5.66. The summed E-state index contributed by atoms with van der Waals surface area (Å²) in [6, 6.07) is 8.76. The number of guanidine groups is 1. The fourth-order valence-electron chi connectivity index (χ4n) is 3.59. The summed E-state index contributed by atoms with van der Waals surface area (Å²) in [5, 5.41) is 6.90. The fraction of sp³-hybridized carbons (Fsp3) is 0.667. The van der Waals surface area contributed by atoms with Gasteiger partial charge in [0.15, 0.2) is 5.96 Å². The van der Waals surface area contributed by atoms with Crippen LogP contribution in [0.5, 0.6) is 0 Å². The van der Waals surface area contributed by atoms with Gasteiger partial charge in [0.25, 0.3) is 0 Å². The molecule has 0 aromatic heterocycles. The van der Waals surface area contributed by atoms with Crippen LogP contribution in [0, 0.1) is 6.92 Å². The van der Waals surface area contributed by atoms with E-state index in [0.29, 0.717) is 0 Å². The Labute approximate surface area is 163 Å². The molecule has 0 amide bonds. The van der Waals surface area contributed by atoms with Crippen molar-refractivity contribution in [1.82, 2.24) is 10.6 Å². The summed E-state index contributed by atoms with van der Waals surface area (Å²) in [7, 11) is 0. The molecule has 1 aliphatic rings. The van der Waals surface area contributed by atoms with Crippen molar-refractivity contribution in [2.75, 3.05) is 44.9 Å². The van der Waals surface area contributed by atoms with Crippen LogP contribution in [0.25, 0.3) is 0 Å². The zero-order chi connectivity index (χ0) is 18.7. The Morgan fingerprint density at radius 2 is 1.96 bits per heavy atom. The highest BCUT2D eigenvalue weighted by atomic mass is 32.2. The van der Waals surface area contributed by atoms with Gasteiger partial charge in [-0.15, -0.1) is 0 Å². The Bertz CT molecular complexity index is 556. The predicted molar refractivity (Wildman–Crippen MR) is 115 cm³/mol. The maximum absolute atomic E-state index is 5.66. The van der Waals surface area contributed by atoms with Crippen molar-refractivity contribution < 1.29 is 4.74 Å². The average molecular weight is 378 g/mol. The normalized spacial score (nSPS) is 17.1. The lowest BCUT2D eigenvalue weighted by atomic mass is 9.72. The molecule has 146 valence electrons. The number of nitrogens with one attached hydrogen (secondary N) is 2. The lowest BCUT2D eigenvalue weighted by molar-refractivity contribution is 0.0529. The zero-order valence-corrected chi connectivity index (χ0v) is 17.5. The third-order valence-electron chi connectivity index (χ3n) is 5.12. The highest BCUT2D eigenvalue weighted by molar-refractivity contribution is 7.98. The van der Waals surface area contributed by atoms with Gasteiger partial charge in [0.05, 0.1) is 6.54 Å².